The van der Waals surface area contributed by atoms with Crippen molar-refractivity contribution in [2.45, 2.75) is 13.3 Å². The van der Waals surface area contributed by atoms with Gasteiger partial charge in [-0.1, -0.05) is 0 Å². The fraction of sp³-hybridized carbons (Fsp3) is 0.105. The highest BCUT2D eigenvalue weighted by Gasteiger charge is 2.30. The molecule has 0 bridgehead atoms. The number of nitrogens with zero attached hydrogens (tertiary/aromatic N) is 3. The molecule has 0 aliphatic rings. The number of aldehydes is 1. The number of alkyl halides is 3. The summed E-state index contributed by atoms with van der Waals surface area (Å²) in [5.74, 6) is -0.175. The average Bonchev–Trinajstić information content (AvgIpc) is 3.04. The van der Waals surface area contributed by atoms with Crippen LogP contribution in [0.1, 0.15) is 21.6 Å². The van der Waals surface area contributed by atoms with Gasteiger partial charge in [0.15, 0.2) is 0 Å². The minimum absolute atomic E-state index is 0.165. The van der Waals surface area contributed by atoms with Crippen molar-refractivity contribution in [3.8, 4) is 11.4 Å². The van der Waals surface area contributed by atoms with Crippen molar-refractivity contribution in [2.75, 3.05) is 0 Å². The molecule has 3 aromatic rings. The molecule has 0 radical (unpaired) electrons. The average molecular weight is 388 g/mol. The van der Waals surface area contributed by atoms with E-state index in [0.717, 1.165) is 24.1 Å². The largest absolute Gasteiger partial charge is 0.573 e. The van der Waals surface area contributed by atoms with Gasteiger partial charge in [0.25, 0.3) is 0 Å². The second kappa shape index (κ2) is 7.55. The summed E-state index contributed by atoms with van der Waals surface area (Å²) in [4.78, 5) is 15.0. The van der Waals surface area contributed by atoms with Gasteiger partial charge in [-0.15, -0.1) is 13.2 Å². The van der Waals surface area contributed by atoms with E-state index in [0.29, 0.717) is 22.5 Å². The molecule has 0 fully saturated rings. The minimum atomic E-state index is -4.75. The molecule has 144 valence electrons. The Morgan fingerprint density at radius 2 is 1.79 bits per heavy atom. The number of rotatable bonds is 5. The van der Waals surface area contributed by atoms with Gasteiger partial charge in [-0.05, 0) is 55.5 Å². The molecule has 0 atom stereocenters. The van der Waals surface area contributed by atoms with Gasteiger partial charge >= 0.3 is 6.36 Å². The first-order valence-corrected chi connectivity index (χ1v) is 8.07. The number of benzene rings is 2. The maximum atomic E-state index is 12.2. The van der Waals surface area contributed by atoms with Crippen LogP contribution in [0.25, 0.3) is 5.69 Å². The van der Waals surface area contributed by atoms with Crippen LogP contribution < -0.4 is 10.5 Å². The van der Waals surface area contributed by atoms with Gasteiger partial charge in [0.05, 0.1) is 22.6 Å². The predicted molar refractivity (Wildman–Crippen MR) is 97.2 cm³/mol. The summed E-state index contributed by atoms with van der Waals surface area (Å²) in [6.45, 7) is 1.76. The van der Waals surface area contributed by atoms with E-state index in [-0.39, 0.29) is 11.6 Å². The number of ether oxygens (including phenoxy) is 1. The second-order valence-electron chi connectivity index (χ2n) is 5.82. The molecule has 0 saturated carbocycles. The van der Waals surface area contributed by atoms with Gasteiger partial charge in [0, 0.05) is 11.8 Å². The van der Waals surface area contributed by atoms with Crippen LogP contribution >= 0.6 is 0 Å². The molecule has 0 spiro atoms. The third kappa shape index (κ3) is 4.56. The van der Waals surface area contributed by atoms with E-state index in [1.54, 1.807) is 42.1 Å². The van der Waals surface area contributed by atoms with E-state index in [2.05, 4.69) is 14.8 Å². The van der Waals surface area contributed by atoms with E-state index in [1.807, 2.05) is 0 Å². The molecule has 28 heavy (non-hydrogen) atoms. The third-order valence-electron chi connectivity index (χ3n) is 3.79. The number of carbonyl (C=O) groups excluding carboxylic acids is 1. The smallest absolute Gasteiger partial charge is 0.406 e. The van der Waals surface area contributed by atoms with Gasteiger partial charge in [0.2, 0.25) is 0 Å². The Labute approximate surface area is 158 Å². The van der Waals surface area contributed by atoms with E-state index in [4.69, 9.17) is 5.73 Å². The van der Waals surface area contributed by atoms with Gasteiger partial charge < -0.3 is 10.5 Å². The number of aromatic nitrogens is 2. The molecular formula is C19H15F3N4O2. The lowest BCUT2D eigenvalue weighted by Gasteiger charge is -2.08. The standard InChI is InChI=1S/C19H15F3N4O2/c1-12-17(10-26(25-12)15-6-2-13(11-27)3-7-15)18(23)24-14-4-8-16(9-5-14)28-19(20,21)22/h2-11H,1H3,(H2,23,24). The SMILES string of the molecule is Cc1nn(-c2ccc(C=O)cc2)cc1C(N)=Nc1ccc(OC(F)(F)F)cc1. The molecule has 0 aliphatic carbocycles. The topological polar surface area (TPSA) is 82.5 Å². The monoisotopic (exact) mass is 388 g/mol. The Kier molecular flexibility index (Phi) is 5.16. The first-order valence-electron chi connectivity index (χ1n) is 8.07. The Morgan fingerprint density at radius 3 is 2.36 bits per heavy atom. The van der Waals surface area contributed by atoms with E-state index >= 15 is 0 Å². The van der Waals surface area contributed by atoms with E-state index < -0.39 is 6.36 Å². The van der Waals surface area contributed by atoms with E-state index in [1.165, 1.54) is 12.1 Å². The summed E-state index contributed by atoms with van der Waals surface area (Å²) in [6.07, 6.45) is -2.32. The molecule has 1 aromatic heterocycles. The number of hydrogen-bond donors (Lipinski definition) is 1. The summed E-state index contributed by atoms with van der Waals surface area (Å²) in [7, 11) is 0. The van der Waals surface area contributed by atoms with Crippen LogP contribution in [-0.2, 0) is 0 Å². The molecule has 2 aromatic carbocycles. The van der Waals surface area contributed by atoms with Crippen molar-refractivity contribution < 1.29 is 22.7 Å². The van der Waals surface area contributed by atoms with Crippen molar-refractivity contribution in [2.24, 2.45) is 10.7 Å². The molecule has 1 heterocycles. The fourth-order valence-corrected chi connectivity index (χ4v) is 2.47. The van der Waals surface area contributed by atoms with Crippen molar-refractivity contribution in [1.29, 1.82) is 0 Å². The maximum absolute atomic E-state index is 12.2. The molecule has 0 unspecified atom stereocenters. The Balaban J connectivity index is 1.82. The highest BCUT2D eigenvalue weighted by Crippen LogP contribution is 2.25. The highest BCUT2D eigenvalue weighted by atomic mass is 19.4. The van der Waals surface area contributed by atoms with Crippen LogP contribution in [0.3, 0.4) is 0 Å². The predicted octanol–water partition coefficient (Wildman–Crippen LogP) is 3.93. The van der Waals surface area contributed by atoms with Crippen molar-refractivity contribution in [3.63, 3.8) is 0 Å². The summed E-state index contributed by atoms with van der Waals surface area (Å²) >= 11 is 0. The lowest BCUT2D eigenvalue weighted by Crippen LogP contribution is -2.17. The van der Waals surface area contributed by atoms with Gasteiger partial charge in [-0.3, -0.25) is 4.79 Å². The van der Waals surface area contributed by atoms with Crippen LogP contribution in [-0.4, -0.2) is 28.3 Å². The summed E-state index contributed by atoms with van der Waals surface area (Å²) in [6, 6.07) is 11.9. The molecule has 0 saturated heterocycles. The van der Waals surface area contributed by atoms with Gasteiger partial charge in [-0.25, -0.2) is 9.67 Å². The van der Waals surface area contributed by atoms with Gasteiger partial charge in [0.1, 0.15) is 17.9 Å². The van der Waals surface area contributed by atoms with Crippen LogP contribution in [0.15, 0.2) is 59.7 Å². The Bertz CT molecular complexity index is 1010. The third-order valence-corrected chi connectivity index (χ3v) is 3.79. The molecule has 0 aliphatic heterocycles. The Hall–Kier alpha value is -3.62. The number of carbonyl (C=O) groups is 1. The zero-order valence-electron chi connectivity index (χ0n) is 14.6. The van der Waals surface area contributed by atoms with E-state index in [9.17, 15) is 18.0 Å². The zero-order valence-corrected chi connectivity index (χ0v) is 14.6. The molecule has 3 rings (SSSR count). The molecule has 6 nitrogen and oxygen atoms in total. The summed E-state index contributed by atoms with van der Waals surface area (Å²) < 4.78 is 42.0. The molecular weight excluding hydrogens is 373 g/mol. The lowest BCUT2D eigenvalue weighted by atomic mass is 10.2. The Morgan fingerprint density at radius 1 is 1.14 bits per heavy atom. The van der Waals surface area contributed by atoms with Crippen molar-refractivity contribution >= 4 is 17.8 Å². The van der Waals surface area contributed by atoms with Gasteiger partial charge in [-0.2, -0.15) is 5.10 Å². The quantitative estimate of drug-likeness (QED) is 0.408. The number of aryl methyl sites for hydroxylation is 1. The van der Waals surface area contributed by atoms with Crippen LogP contribution in [0.5, 0.6) is 5.75 Å². The summed E-state index contributed by atoms with van der Waals surface area (Å²) in [5, 5.41) is 4.38. The van der Waals surface area contributed by atoms with Crippen LogP contribution in [0.4, 0.5) is 18.9 Å². The molecule has 0 amide bonds. The van der Waals surface area contributed by atoms with Crippen LogP contribution in [0.2, 0.25) is 0 Å². The summed E-state index contributed by atoms with van der Waals surface area (Å²) in [5.41, 5.74) is 8.90. The molecule has 2 N–H and O–H groups in total. The number of amidine groups is 1. The second-order valence-corrected chi connectivity index (χ2v) is 5.82. The minimum Gasteiger partial charge on any atom is -0.406 e. The number of aliphatic imine (C=N–C) groups is 1. The highest BCUT2D eigenvalue weighted by molar-refractivity contribution is 5.99. The van der Waals surface area contributed by atoms with Crippen molar-refractivity contribution in [1.82, 2.24) is 9.78 Å². The first-order chi connectivity index (χ1) is 13.2. The number of hydrogen-bond acceptors (Lipinski definition) is 4. The zero-order chi connectivity index (χ0) is 20.3. The normalized spacial score (nSPS) is 12.1. The lowest BCUT2D eigenvalue weighted by molar-refractivity contribution is -0.274. The van der Waals surface area contributed by atoms with Crippen LogP contribution in [0, 0.1) is 6.92 Å². The number of nitrogens with two attached hydrogens (primary N) is 1. The number of halogens is 3. The molecule has 9 heteroatoms. The first kappa shape index (κ1) is 19.2. The van der Waals surface area contributed by atoms with Crippen molar-refractivity contribution in [3.05, 3.63) is 71.5 Å². The maximum Gasteiger partial charge on any atom is 0.573 e. The fourth-order valence-electron chi connectivity index (χ4n) is 2.47.